The van der Waals surface area contributed by atoms with Crippen LogP contribution in [0.5, 0.6) is 0 Å². The molecule has 0 aromatic heterocycles. The van der Waals surface area contributed by atoms with Crippen LogP contribution in [0.3, 0.4) is 0 Å². The van der Waals surface area contributed by atoms with Gasteiger partial charge in [0.25, 0.3) is 0 Å². The predicted octanol–water partition coefficient (Wildman–Crippen LogP) is 7.04. The Hall–Kier alpha value is 2.78. The summed E-state index contributed by atoms with van der Waals surface area (Å²) in [6.45, 7) is 35.6. The summed E-state index contributed by atoms with van der Waals surface area (Å²) in [5.74, 6) is 0.304. The van der Waals surface area contributed by atoms with Crippen LogP contribution in [0, 0.1) is 7.14 Å². The second-order valence-corrected chi connectivity index (χ2v) is 25.0. The number of thiol groups is 1. The van der Waals surface area contributed by atoms with Crippen molar-refractivity contribution in [2.45, 2.75) is 156 Å². The van der Waals surface area contributed by atoms with Crippen molar-refractivity contribution in [3.63, 3.8) is 0 Å². The zero-order valence-electron chi connectivity index (χ0n) is 60.3. The van der Waals surface area contributed by atoms with E-state index < -0.39 is 0 Å². The fourth-order valence-electron chi connectivity index (χ4n) is 5.61. The van der Waals surface area contributed by atoms with E-state index in [1.807, 2.05) is 118 Å². The molecule has 0 aliphatic carbocycles. The summed E-state index contributed by atoms with van der Waals surface area (Å²) in [6.07, 6.45) is 13.9. The van der Waals surface area contributed by atoms with Crippen LogP contribution in [-0.2, 0) is 55.7 Å². The van der Waals surface area contributed by atoms with Crippen molar-refractivity contribution >= 4 is 50.2 Å². The topological polar surface area (TPSA) is 17.1 Å². The maximum atomic E-state index is 10.6. The quantitative estimate of drug-likeness (QED) is 0.0818. The van der Waals surface area contributed by atoms with E-state index in [4.69, 9.17) is 0 Å². The molecule has 0 saturated carbocycles. The van der Waals surface area contributed by atoms with Crippen LogP contribution in [0.1, 0.15) is 137 Å². The van der Waals surface area contributed by atoms with E-state index in [9.17, 15) is 4.79 Å². The summed E-state index contributed by atoms with van der Waals surface area (Å²) >= 11 is 1.45. The second-order valence-electron chi connectivity index (χ2n) is 14.7. The van der Waals surface area contributed by atoms with Crippen molar-refractivity contribution in [1.29, 1.82) is 0 Å². The molecule has 8 rings (SSSR count). The molecule has 0 N–H and O–H groups in total. The van der Waals surface area contributed by atoms with E-state index in [-0.39, 0.29) is 293 Å². The van der Waals surface area contributed by atoms with Crippen molar-refractivity contribution in [2.75, 3.05) is 37.5 Å². The average molecular weight is 1630 g/mol. The molecule has 1 unspecified atom stereocenters. The van der Waals surface area contributed by atoms with Gasteiger partial charge in [-0.2, -0.15) is 0 Å². The molecular formula is C75H117IORb4S4+8. The molecule has 0 spiro atoms. The van der Waals surface area contributed by atoms with Gasteiger partial charge in [0.2, 0.25) is 0 Å². The van der Waals surface area contributed by atoms with E-state index in [1.165, 1.54) is 49.6 Å². The number of ketones is 1. The molecule has 1 nitrogen and oxygen atoms in total. The molecule has 0 aliphatic heterocycles. The first-order chi connectivity index (χ1) is 39.6. The minimum atomic E-state index is 0. The van der Waals surface area contributed by atoms with E-state index in [2.05, 4.69) is 280 Å². The summed E-state index contributed by atoms with van der Waals surface area (Å²) in [6, 6.07) is 85.0. The minimum Gasteiger partial charge on any atom is -1.00 e. The van der Waals surface area contributed by atoms with Crippen LogP contribution in [0.15, 0.2) is 262 Å². The smallest absolute Gasteiger partial charge is 1.00 e. The summed E-state index contributed by atoms with van der Waals surface area (Å²) in [7, 11) is 0.666. The van der Waals surface area contributed by atoms with Crippen LogP contribution in [0.4, 0.5) is 0 Å². The number of rotatable bonds is 10. The van der Waals surface area contributed by atoms with Crippen LogP contribution in [0.2, 0.25) is 0 Å². The van der Waals surface area contributed by atoms with Crippen molar-refractivity contribution in [1.82, 2.24) is 0 Å². The standard InChI is InChI=1S/2C13H13S.C13H12.C12H10I.C6H13OS.C2H6S.8C2H6.4Rb.H/c2*1-14(12-8-4-2-5-9-12)13-10-6-3-7-11-13;1-3-7-12(8-4-1)11-13-9-5-2-6-10-13;1-3-7-11(8-4-1)13-12-9-5-2-6-10-12;1-5(7)6(2)8(3)4;1-3-2;8*1-2;;;;;/h2*2-11H,1H3;1-10H,11H2;1-10H;6H,1-4H3;1-2H3;8*1-2H3;;;;;/q2*+1;;2*+1;;;;;;;;;;4*+1;-1/p+1. The molecule has 0 fully saturated rings. The van der Waals surface area contributed by atoms with Gasteiger partial charge in [-0.1, -0.05) is 281 Å². The number of hydrogen-bond donors (Lipinski definition) is 0. The molecule has 0 radical (unpaired) electrons. The molecule has 1 atom stereocenters. The van der Waals surface area contributed by atoms with Crippen LogP contribution < -0.4 is 254 Å². The van der Waals surface area contributed by atoms with Crippen LogP contribution in [0.25, 0.3) is 0 Å². The van der Waals surface area contributed by atoms with Crippen molar-refractivity contribution in [3.05, 3.63) is 261 Å². The first-order valence-electron chi connectivity index (χ1n) is 29.5. The molecule has 0 amide bonds. The fourth-order valence-corrected chi connectivity index (χ4v) is 11.3. The van der Waals surface area contributed by atoms with Gasteiger partial charge in [-0.05, 0) is 127 Å². The Morgan fingerprint density at radius 2 is 0.518 bits per heavy atom. The van der Waals surface area contributed by atoms with Crippen molar-refractivity contribution < 1.29 is 260 Å². The number of hydrogen-bond acceptors (Lipinski definition) is 1. The van der Waals surface area contributed by atoms with E-state index >= 15 is 0 Å². The van der Waals surface area contributed by atoms with Gasteiger partial charge in [0.1, 0.15) is 12.5 Å². The number of carbonyl (C=O) groups is 1. The van der Waals surface area contributed by atoms with Crippen molar-refractivity contribution in [2.24, 2.45) is 0 Å². The monoisotopic (exact) mass is 1630 g/mol. The van der Waals surface area contributed by atoms with Gasteiger partial charge < -0.3 is 1.43 Å². The zero-order chi connectivity index (χ0) is 62.9. The van der Waals surface area contributed by atoms with Crippen molar-refractivity contribution in [3.8, 4) is 0 Å². The molecule has 450 valence electrons. The van der Waals surface area contributed by atoms with E-state index in [0.717, 1.165) is 6.42 Å². The Labute approximate surface area is 748 Å². The van der Waals surface area contributed by atoms with Gasteiger partial charge in [-0.15, -0.1) is 0 Å². The predicted molar refractivity (Wildman–Crippen MR) is 383 cm³/mol. The van der Waals surface area contributed by atoms with Crippen LogP contribution >= 0.6 is 0 Å². The first kappa shape index (κ1) is 109. The molecule has 0 bridgehead atoms. The third-order valence-electron chi connectivity index (χ3n) is 9.44. The van der Waals surface area contributed by atoms with Gasteiger partial charge >= 0.3 is 254 Å². The molecule has 0 saturated heterocycles. The number of benzene rings is 8. The SMILES string of the molecule is CC.CC.CC.CC.CC.CC.CC.CC.CC(=O)C(C)[S+](C)C.C[S+](c1ccccc1)c1ccccc1.C[S+](c1ccccc1)c1ccccc1.C[SH+]C.[H-].[Rb+].[Rb+].[Rb+].[Rb+].c1ccc(Cc2ccccc2)cc1.c1ccc([I+]c2ccccc2)cc1. The Bertz CT molecular complexity index is 2060. The maximum absolute atomic E-state index is 10.6. The number of Topliss-reactive ketones (excluding diaryl/α,β-unsaturated/α-hetero) is 1. The Morgan fingerprint density at radius 3 is 0.671 bits per heavy atom. The number of carbonyl (C=O) groups excluding carboxylic acids is 1. The Morgan fingerprint density at radius 1 is 0.353 bits per heavy atom. The molecule has 10 heteroatoms. The Balaban J connectivity index is -0.0000000841. The summed E-state index contributed by atoms with van der Waals surface area (Å²) in [5, 5.41) is 0.259. The van der Waals surface area contributed by atoms with E-state index in [0.29, 0.717) is 5.78 Å². The third kappa shape index (κ3) is 63.9. The van der Waals surface area contributed by atoms with E-state index in [1.54, 1.807) is 6.92 Å². The summed E-state index contributed by atoms with van der Waals surface area (Å²) in [5.41, 5.74) is 2.74. The summed E-state index contributed by atoms with van der Waals surface area (Å²) < 4.78 is 2.96. The van der Waals surface area contributed by atoms with Gasteiger partial charge in [0.05, 0.1) is 46.8 Å². The largest absolute Gasteiger partial charge is 1.00 e. The molecule has 85 heavy (non-hydrogen) atoms. The van der Waals surface area contributed by atoms with Gasteiger partial charge in [0.15, 0.2) is 37.8 Å². The fraction of sp³-hybridized carbons (Fsp3) is 0.347. The Kier molecular flexibility index (Phi) is 114. The molecular weight excluding hydrogens is 1510 g/mol. The van der Waals surface area contributed by atoms with Gasteiger partial charge in [-0.3, -0.25) is 4.79 Å². The second kappa shape index (κ2) is 88.8. The van der Waals surface area contributed by atoms with Gasteiger partial charge in [0, 0.05) is 0 Å². The first-order valence-corrected chi connectivity index (χ1v) is 38.8. The summed E-state index contributed by atoms with van der Waals surface area (Å²) in [4.78, 5) is 16.2. The zero-order valence-corrected chi connectivity index (χ0v) is 84.5. The minimum absolute atomic E-state index is 0. The average Bonchev–Trinajstić information content (AvgIpc) is 3.71. The maximum Gasteiger partial charge on any atom is 1.00 e. The third-order valence-corrected chi connectivity index (χ3v) is 17.8. The molecule has 0 aliphatic rings. The molecule has 0 heterocycles. The number of halogens is 1. The van der Waals surface area contributed by atoms with Crippen LogP contribution in [-0.4, -0.2) is 48.6 Å². The molecule has 8 aromatic rings. The molecule has 8 aromatic carbocycles. The van der Waals surface area contributed by atoms with Gasteiger partial charge in [-0.25, -0.2) is 0 Å². The normalized spacial score (nSPS) is 8.55.